The van der Waals surface area contributed by atoms with Gasteiger partial charge in [0.05, 0.1) is 0 Å². The fourth-order valence-corrected chi connectivity index (χ4v) is 2.33. The number of anilines is 1. The van der Waals surface area contributed by atoms with Gasteiger partial charge >= 0.3 is 0 Å². The van der Waals surface area contributed by atoms with Gasteiger partial charge in [-0.15, -0.1) is 0 Å². The van der Waals surface area contributed by atoms with Gasteiger partial charge in [-0.05, 0) is 54.3 Å². The molecule has 0 saturated heterocycles. The second kappa shape index (κ2) is 8.90. The number of rotatable bonds is 6. The number of carbonyl (C=O) groups excluding carboxylic acids is 1. The molecule has 2 aromatic rings. The Morgan fingerprint density at radius 2 is 1.83 bits per heavy atom. The minimum atomic E-state index is -0.422. The van der Waals surface area contributed by atoms with Crippen LogP contribution in [0.1, 0.15) is 30.9 Å². The van der Waals surface area contributed by atoms with Gasteiger partial charge in [-0.1, -0.05) is 49.2 Å². The van der Waals surface area contributed by atoms with Crippen molar-refractivity contribution in [1.82, 2.24) is 0 Å². The highest BCUT2D eigenvalue weighted by Crippen LogP contribution is 2.15. The molecule has 0 aliphatic carbocycles. The van der Waals surface area contributed by atoms with E-state index in [1.165, 1.54) is 5.56 Å². The molecule has 0 fully saturated rings. The van der Waals surface area contributed by atoms with Gasteiger partial charge in [0.25, 0.3) is 5.91 Å². The lowest BCUT2D eigenvalue weighted by atomic mass is 10.1. The predicted octanol–water partition coefficient (Wildman–Crippen LogP) is 5.23. The maximum atomic E-state index is 12.2. The Labute approximate surface area is 147 Å². The van der Waals surface area contributed by atoms with Crippen molar-refractivity contribution in [2.24, 2.45) is 0 Å². The summed E-state index contributed by atoms with van der Waals surface area (Å²) < 4.78 is 0. The van der Waals surface area contributed by atoms with Crippen LogP contribution in [-0.4, -0.2) is 5.91 Å². The molecule has 1 amide bonds. The number of amides is 1. The molecule has 4 heteroatoms. The summed E-state index contributed by atoms with van der Waals surface area (Å²) in [6.07, 6.45) is 4.87. The summed E-state index contributed by atoms with van der Waals surface area (Å²) in [6.45, 7) is 2.16. The Hall–Kier alpha value is -2.57. The molecule has 0 saturated carbocycles. The van der Waals surface area contributed by atoms with E-state index >= 15 is 0 Å². The van der Waals surface area contributed by atoms with E-state index in [1.807, 2.05) is 30.3 Å². The van der Waals surface area contributed by atoms with Crippen molar-refractivity contribution >= 4 is 29.3 Å². The molecule has 3 nitrogen and oxygen atoms in total. The summed E-state index contributed by atoms with van der Waals surface area (Å²) in [4.78, 5) is 12.2. The monoisotopic (exact) mass is 338 g/mol. The molecule has 122 valence electrons. The van der Waals surface area contributed by atoms with E-state index in [-0.39, 0.29) is 5.57 Å². The van der Waals surface area contributed by atoms with Gasteiger partial charge < -0.3 is 5.32 Å². The van der Waals surface area contributed by atoms with Crippen molar-refractivity contribution in [3.8, 4) is 6.07 Å². The maximum Gasteiger partial charge on any atom is 0.266 e. The summed E-state index contributed by atoms with van der Waals surface area (Å²) in [7, 11) is 0. The average Bonchev–Trinajstić information content (AvgIpc) is 2.60. The van der Waals surface area contributed by atoms with Gasteiger partial charge in [0.2, 0.25) is 0 Å². The Morgan fingerprint density at radius 3 is 2.42 bits per heavy atom. The molecule has 0 aliphatic heterocycles. The smallest absolute Gasteiger partial charge is 0.266 e. The normalized spacial score (nSPS) is 11.0. The van der Waals surface area contributed by atoms with Gasteiger partial charge in [-0.2, -0.15) is 5.26 Å². The predicted molar refractivity (Wildman–Crippen MR) is 98.7 cm³/mol. The molecule has 24 heavy (non-hydrogen) atoms. The third-order valence-electron chi connectivity index (χ3n) is 3.58. The zero-order valence-electron chi connectivity index (χ0n) is 13.6. The number of carbonyl (C=O) groups is 1. The number of nitrogens with zero attached hydrogens (tertiary/aromatic N) is 1. The first-order chi connectivity index (χ1) is 11.6. The summed E-state index contributed by atoms with van der Waals surface area (Å²) in [5.41, 5.74) is 2.72. The number of halogens is 1. The molecule has 0 unspecified atom stereocenters. The van der Waals surface area contributed by atoms with Crippen molar-refractivity contribution in [3.63, 3.8) is 0 Å². The lowest BCUT2D eigenvalue weighted by Crippen LogP contribution is -2.13. The van der Waals surface area contributed by atoms with Crippen molar-refractivity contribution in [2.45, 2.75) is 26.2 Å². The van der Waals surface area contributed by atoms with Crippen LogP contribution >= 0.6 is 11.6 Å². The number of nitrogens with one attached hydrogen (secondary N) is 1. The van der Waals surface area contributed by atoms with E-state index in [0.29, 0.717) is 10.7 Å². The summed E-state index contributed by atoms with van der Waals surface area (Å²) in [5.74, 6) is -0.422. The van der Waals surface area contributed by atoms with E-state index in [9.17, 15) is 10.1 Å². The van der Waals surface area contributed by atoms with Crippen molar-refractivity contribution in [1.29, 1.82) is 5.26 Å². The van der Waals surface area contributed by atoms with Gasteiger partial charge in [-0.3, -0.25) is 4.79 Å². The number of unbranched alkanes of at least 4 members (excludes halogenated alkanes) is 1. The molecule has 2 rings (SSSR count). The topological polar surface area (TPSA) is 52.9 Å². The number of aryl methyl sites for hydroxylation is 1. The van der Waals surface area contributed by atoms with Crippen LogP contribution in [0.3, 0.4) is 0 Å². The molecule has 1 N–H and O–H groups in total. The van der Waals surface area contributed by atoms with E-state index in [2.05, 4.69) is 12.2 Å². The fourth-order valence-electron chi connectivity index (χ4n) is 2.21. The van der Waals surface area contributed by atoms with Crippen LogP contribution in [0, 0.1) is 11.3 Å². The fraction of sp³-hybridized carbons (Fsp3) is 0.200. The Balaban J connectivity index is 2.06. The molecule has 0 bridgehead atoms. The molecule has 0 heterocycles. The molecular weight excluding hydrogens is 320 g/mol. The highest BCUT2D eigenvalue weighted by atomic mass is 35.5. The zero-order chi connectivity index (χ0) is 17.4. The van der Waals surface area contributed by atoms with E-state index in [0.717, 1.165) is 24.8 Å². The third-order valence-corrected chi connectivity index (χ3v) is 3.83. The summed E-state index contributed by atoms with van der Waals surface area (Å²) >= 11 is 5.83. The van der Waals surface area contributed by atoms with Crippen LogP contribution in [0.2, 0.25) is 5.02 Å². The Kier molecular flexibility index (Phi) is 6.60. The SMILES string of the molecule is CCCCc1ccc(NC(=O)C(C#N)=Cc2ccc(Cl)cc2)cc1. The zero-order valence-corrected chi connectivity index (χ0v) is 14.3. The third kappa shape index (κ3) is 5.26. The van der Waals surface area contributed by atoms with Crippen LogP contribution in [0.5, 0.6) is 0 Å². The number of hydrogen-bond acceptors (Lipinski definition) is 2. The van der Waals surface area contributed by atoms with Gasteiger partial charge in [0.1, 0.15) is 11.6 Å². The molecule has 2 aromatic carbocycles. The molecule has 0 radical (unpaired) electrons. The van der Waals surface area contributed by atoms with Gasteiger partial charge in [0, 0.05) is 10.7 Å². The first kappa shape index (κ1) is 17.8. The number of nitriles is 1. The summed E-state index contributed by atoms with van der Waals surface area (Å²) in [6, 6.07) is 16.6. The second-order valence-corrected chi connectivity index (χ2v) is 5.91. The molecule has 0 aliphatic rings. The molecule has 0 spiro atoms. The van der Waals surface area contributed by atoms with E-state index < -0.39 is 5.91 Å². The first-order valence-electron chi connectivity index (χ1n) is 7.90. The first-order valence-corrected chi connectivity index (χ1v) is 8.28. The van der Waals surface area contributed by atoms with Crippen LogP contribution in [0.25, 0.3) is 6.08 Å². The van der Waals surface area contributed by atoms with Crippen molar-refractivity contribution in [3.05, 3.63) is 70.3 Å². The van der Waals surface area contributed by atoms with Crippen LogP contribution in [0.15, 0.2) is 54.1 Å². The van der Waals surface area contributed by atoms with Crippen LogP contribution < -0.4 is 5.32 Å². The van der Waals surface area contributed by atoms with Crippen molar-refractivity contribution < 1.29 is 4.79 Å². The lowest BCUT2D eigenvalue weighted by molar-refractivity contribution is -0.112. The number of benzene rings is 2. The second-order valence-electron chi connectivity index (χ2n) is 5.48. The highest BCUT2D eigenvalue weighted by molar-refractivity contribution is 6.30. The average molecular weight is 339 g/mol. The standard InChI is InChI=1S/C20H19ClN2O/c1-2-3-4-15-7-11-19(12-8-15)23-20(24)17(14-22)13-16-5-9-18(21)10-6-16/h5-13H,2-4H2,1H3,(H,23,24). The van der Waals surface area contributed by atoms with Gasteiger partial charge in [0.15, 0.2) is 0 Å². The minimum Gasteiger partial charge on any atom is -0.321 e. The van der Waals surface area contributed by atoms with Gasteiger partial charge in [-0.25, -0.2) is 0 Å². The number of hydrogen-bond donors (Lipinski definition) is 1. The maximum absolute atomic E-state index is 12.2. The van der Waals surface area contributed by atoms with E-state index in [4.69, 9.17) is 11.6 Å². The van der Waals surface area contributed by atoms with Crippen LogP contribution in [0.4, 0.5) is 5.69 Å². The van der Waals surface area contributed by atoms with Crippen molar-refractivity contribution in [2.75, 3.05) is 5.32 Å². The Bertz CT molecular complexity index is 756. The molecular formula is C20H19ClN2O. The quantitative estimate of drug-likeness (QED) is 0.579. The van der Waals surface area contributed by atoms with Crippen LogP contribution in [-0.2, 0) is 11.2 Å². The Morgan fingerprint density at radius 1 is 1.17 bits per heavy atom. The minimum absolute atomic E-state index is 0.0485. The van der Waals surface area contributed by atoms with E-state index in [1.54, 1.807) is 30.3 Å². The highest BCUT2D eigenvalue weighted by Gasteiger charge is 2.09. The molecule has 0 atom stereocenters. The lowest BCUT2D eigenvalue weighted by Gasteiger charge is -2.06. The summed E-state index contributed by atoms with van der Waals surface area (Å²) in [5, 5.41) is 12.6. The largest absolute Gasteiger partial charge is 0.321 e. The molecule has 0 aromatic heterocycles.